The second-order valence-corrected chi connectivity index (χ2v) is 2.93. The van der Waals surface area contributed by atoms with Crippen molar-refractivity contribution < 1.29 is 14.3 Å². The Morgan fingerprint density at radius 1 is 1.44 bits per heavy atom. The number of nitrogens with one attached hydrogen (secondary N) is 1. The number of para-hydroxylation sites is 1. The maximum atomic E-state index is 11.2. The van der Waals surface area contributed by atoms with Crippen molar-refractivity contribution >= 4 is 24.1 Å². The molecule has 84 valence electrons. The van der Waals surface area contributed by atoms with Crippen molar-refractivity contribution in [1.82, 2.24) is 0 Å². The van der Waals surface area contributed by atoms with Gasteiger partial charge in [-0.05, 0) is 30.7 Å². The molecule has 0 fully saturated rings. The molecule has 0 aromatic heterocycles. The van der Waals surface area contributed by atoms with Crippen LogP contribution in [0.15, 0.2) is 30.3 Å². The van der Waals surface area contributed by atoms with Gasteiger partial charge >= 0.3 is 6.09 Å². The third-order valence-corrected chi connectivity index (χ3v) is 1.83. The topological polar surface area (TPSA) is 55.4 Å². The van der Waals surface area contributed by atoms with E-state index in [1.54, 1.807) is 31.2 Å². The third kappa shape index (κ3) is 3.57. The summed E-state index contributed by atoms with van der Waals surface area (Å²) in [4.78, 5) is 21.4. The molecule has 0 saturated heterocycles. The molecule has 0 saturated carbocycles. The number of anilines is 1. The molecule has 0 heterocycles. The maximum absolute atomic E-state index is 11.2. The number of carbonyl (C=O) groups is 2. The lowest BCUT2D eigenvalue weighted by Gasteiger charge is -2.07. The standard InChI is InChI=1S/C12H13NO3/c1-2-16-12(15)13-11-8-4-3-6-10(11)7-5-9-14/h3-9H,2H2,1H3,(H,13,15)/b7-5+. The van der Waals surface area contributed by atoms with E-state index in [-0.39, 0.29) is 0 Å². The fourth-order valence-electron chi connectivity index (χ4n) is 1.18. The number of aldehydes is 1. The molecule has 16 heavy (non-hydrogen) atoms. The Labute approximate surface area is 93.9 Å². The minimum absolute atomic E-state index is 0.318. The van der Waals surface area contributed by atoms with Gasteiger partial charge in [-0.15, -0.1) is 0 Å². The molecule has 1 rings (SSSR count). The zero-order valence-electron chi connectivity index (χ0n) is 8.97. The van der Waals surface area contributed by atoms with E-state index < -0.39 is 6.09 Å². The van der Waals surface area contributed by atoms with Crippen molar-refractivity contribution in [1.29, 1.82) is 0 Å². The van der Waals surface area contributed by atoms with Gasteiger partial charge in [-0.1, -0.05) is 18.2 Å². The molecule has 0 bridgehead atoms. The van der Waals surface area contributed by atoms with E-state index in [9.17, 15) is 9.59 Å². The van der Waals surface area contributed by atoms with Gasteiger partial charge in [-0.25, -0.2) is 4.79 Å². The van der Waals surface area contributed by atoms with Gasteiger partial charge in [0.15, 0.2) is 0 Å². The number of hydrogen-bond acceptors (Lipinski definition) is 3. The SMILES string of the molecule is CCOC(=O)Nc1ccccc1/C=C/C=O. The highest BCUT2D eigenvalue weighted by molar-refractivity contribution is 5.88. The first-order valence-corrected chi connectivity index (χ1v) is 4.92. The summed E-state index contributed by atoms with van der Waals surface area (Å²) in [5.74, 6) is 0. The average molecular weight is 219 g/mol. The summed E-state index contributed by atoms with van der Waals surface area (Å²) in [6.07, 6.45) is 3.16. The number of allylic oxidation sites excluding steroid dienone is 1. The van der Waals surface area contributed by atoms with Crippen molar-refractivity contribution in [3.8, 4) is 0 Å². The molecule has 0 spiro atoms. The molecule has 0 aliphatic carbocycles. The summed E-state index contributed by atoms with van der Waals surface area (Å²) in [5, 5.41) is 2.59. The number of ether oxygens (including phenoxy) is 1. The molecule has 0 atom stereocenters. The first-order chi connectivity index (χ1) is 7.77. The lowest BCUT2D eigenvalue weighted by atomic mass is 10.1. The third-order valence-electron chi connectivity index (χ3n) is 1.83. The van der Waals surface area contributed by atoms with E-state index in [2.05, 4.69) is 5.32 Å². The Balaban J connectivity index is 2.82. The van der Waals surface area contributed by atoms with Gasteiger partial charge in [0.2, 0.25) is 0 Å². The Hall–Kier alpha value is -2.10. The van der Waals surface area contributed by atoms with Gasteiger partial charge in [-0.2, -0.15) is 0 Å². The van der Waals surface area contributed by atoms with Crippen molar-refractivity contribution in [3.05, 3.63) is 35.9 Å². The maximum Gasteiger partial charge on any atom is 0.411 e. The summed E-state index contributed by atoms with van der Waals surface area (Å²) < 4.78 is 4.76. The van der Waals surface area contributed by atoms with Crippen LogP contribution in [0.2, 0.25) is 0 Å². The largest absolute Gasteiger partial charge is 0.450 e. The average Bonchev–Trinajstić information content (AvgIpc) is 2.28. The van der Waals surface area contributed by atoms with Crippen LogP contribution in [0.1, 0.15) is 12.5 Å². The van der Waals surface area contributed by atoms with Crippen molar-refractivity contribution in [2.45, 2.75) is 6.92 Å². The summed E-state index contributed by atoms with van der Waals surface area (Å²) in [7, 11) is 0. The molecule has 4 nitrogen and oxygen atoms in total. The van der Waals surface area contributed by atoms with E-state index in [0.717, 1.165) is 5.56 Å². The van der Waals surface area contributed by atoms with Crippen LogP contribution in [0.5, 0.6) is 0 Å². The van der Waals surface area contributed by atoms with Gasteiger partial charge in [0, 0.05) is 0 Å². The summed E-state index contributed by atoms with van der Waals surface area (Å²) in [6, 6.07) is 7.14. The molecular weight excluding hydrogens is 206 g/mol. The molecule has 0 aliphatic rings. The Morgan fingerprint density at radius 2 is 2.19 bits per heavy atom. The molecule has 0 unspecified atom stereocenters. The van der Waals surface area contributed by atoms with E-state index >= 15 is 0 Å². The molecule has 4 heteroatoms. The number of hydrogen-bond donors (Lipinski definition) is 1. The molecule has 1 amide bonds. The van der Waals surface area contributed by atoms with E-state index in [1.165, 1.54) is 6.08 Å². The highest BCUT2D eigenvalue weighted by Gasteiger charge is 2.04. The Bertz CT molecular complexity index is 399. The minimum atomic E-state index is -0.505. The molecule has 1 aromatic carbocycles. The van der Waals surface area contributed by atoms with Crippen LogP contribution in [0.25, 0.3) is 6.08 Å². The summed E-state index contributed by atoms with van der Waals surface area (Å²) in [6.45, 7) is 2.05. The fourth-order valence-corrected chi connectivity index (χ4v) is 1.18. The van der Waals surface area contributed by atoms with E-state index in [0.29, 0.717) is 18.6 Å². The Morgan fingerprint density at radius 3 is 2.88 bits per heavy atom. The number of benzene rings is 1. The van der Waals surface area contributed by atoms with Gasteiger partial charge < -0.3 is 4.74 Å². The smallest absolute Gasteiger partial charge is 0.411 e. The van der Waals surface area contributed by atoms with Crippen molar-refractivity contribution in [2.24, 2.45) is 0 Å². The molecule has 1 N–H and O–H groups in total. The van der Waals surface area contributed by atoms with E-state index in [4.69, 9.17) is 4.74 Å². The Kier molecular flexibility index (Phi) is 4.79. The van der Waals surface area contributed by atoms with Crippen molar-refractivity contribution in [3.63, 3.8) is 0 Å². The van der Waals surface area contributed by atoms with Crippen LogP contribution in [0.4, 0.5) is 10.5 Å². The molecule has 0 radical (unpaired) electrons. The van der Waals surface area contributed by atoms with Crippen LogP contribution < -0.4 is 5.32 Å². The lowest BCUT2D eigenvalue weighted by molar-refractivity contribution is -0.104. The first kappa shape index (κ1) is 12.0. The predicted molar refractivity (Wildman–Crippen MR) is 62.2 cm³/mol. The van der Waals surface area contributed by atoms with Crippen LogP contribution in [0.3, 0.4) is 0 Å². The number of amides is 1. The van der Waals surface area contributed by atoms with Gasteiger partial charge in [0.25, 0.3) is 0 Å². The first-order valence-electron chi connectivity index (χ1n) is 4.92. The van der Waals surface area contributed by atoms with Crippen LogP contribution in [-0.2, 0) is 9.53 Å². The number of carbonyl (C=O) groups excluding carboxylic acids is 2. The second-order valence-electron chi connectivity index (χ2n) is 2.93. The lowest BCUT2D eigenvalue weighted by Crippen LogP contribution is -2.13. The monoisotopic (exact) mass is 219 g/mol. The summed E-state index contributed by atoms with van der Waals surface area (Å²) in [5.41, 5.74) is 1.36. The molecular formula is C12H13NO3. The van der Waals surface area contributed by atoms with Gasteiger partial charge in [0.1, 0.15) is 6.29 Å². The highest BCUT2D eigenvalue weighted by atomic mass is 16.5. The zero-order chi connectivity index (χ0) is 11.8. The van der Waals surface area contributed by atoms with Gasteiger partial charge in [0.05, 0.1) is 12.3 Å². The predicted octanol–water partition coefficient (Wildman–Crippen LogP) is 2.47. The quantitative estimate of drug-likeness (QED) is 0.625. The normalized spacial score (nSPS) is 10.1. The zero-order valence-corrected chi connectivity index (χ0v) is 8.97. The number of rotatable bonds is 4. The van der Waals surface area contributed by atoms with Crippen molar-refractivity contribution in [2.75, 3.05) is 11.9 Å². The minimum Gasteiger partial charge on any atom is -0.450 e. The van der Waals surface area contributed by atoms with Gasteiger partial charge in [-0.3, -0.25) is 10.1 Å². The van der Waals surface area contributed by atoms with Crippen LogP contribution in [0, 0.1) is 0 Å². The molecule has 0 aliphatic heterocycles. The van der Waals surface area contributed by atoms with Crippen LogP contribution in [-0.4, -0.2) is 19.0 Å². The fraction of sp³-hybridized carbons (Fsp3) is 0.167. The highest BCUT2D eigenvalue weighted by Crippen LogP contribution is 2.16. The van der Waals surface area contributed by atoms with Crippen LogP contribution >= 0.6 is 0 Å². The van der Waals surface area contributed by atoms with E-state index in [1.807, 2.05) is 6.07 Å². The second kappa shape index (κ2) is 6.40. The summed E-state index contributed by atoms with van der Waals surface area (Å²) >= 11 is 0. The molecule has 1 aromatic rings.